The number of amides is 1. The van der Waals surface area contributed by atoms with Crippen LogP contribution < -0.4 is 4.90 Å². The first-order valence-electron chi connectivity index (χ1n) is 10.7. The molecule has 0 unspecified atom stereocenters. The monoisotopic (exact) mass is 459 g/mol. The molecule has 1 saturated heterocycles. The van der Waals surface area contributed by atoms with Crippen molar-refractivity contribution in [3.8, 4) is 11.5 Å². The van der Waals surface area contributed by atoms with Crippen LogP contribution in [0, 0.1) is 0 Å². The molecule has 1 aromatic carbocycles. The van der Waals surface area contributed by atoms with Gasteiger partial charge < -0.3 is 14.4 Å². The maximum Gasteiger partial charge on any atom is 0.242 e. The second kappa shape index (κ2) is 7.93. The zero-order valence-electron chi connectivity index (χ0n) is 18.0. The molecule has 33 heavy (non-hydrogen) atoms. The number of anilines is 1. The van der Waals surface area contributed by atoms with Crippen molar-refractivity contribution in [2.75, 3.05) is 31.1 Å². The summed E-state index contributed by atoms with van der Waals surface area (Å²) in [5.74, 6) is 1.67. The number of aryl methyl sites for hydroxylation is 1. The van der Waals surface area contributed by atoms with Gasteiger partial charge in [0.05, 0.1) is 28.1 Å². The lowest BCUT2D eigenvalue weighted by molar-refractivity contribution is -0.132. The molecule has 6 rings (SSSR count). The van der Waals surface area contributed by atoms with Crippen LogP contribution in [0.5, 0.6) is 0 Å². The zero-order valence-corrected chi connectivity index (χ0v) is 18.8. The summed E-state index contributed by atoms with van der Waals surface area (Å²) in [6, 6.07) is 7.89. The Morgan fingerprint density at radius 1 is 1.09 bits per heavy atom. The van der Waals surface area contributed by atoms with Crippen molar-refractivity contribution in [3.63, 3.8) is 0 Å². The van der Waals surface area contributed by atoms with Gasteiger partial charge in [0.1, 0.15) is 24.4 Å². The first-order valence-corrected chi connectivity index (χ1v) is 11.6. The van der Waals surface area contributed by atoms with E-state index in [1.165, 1.54) is 11.3 Å². The van der Waals surface area contributed by atoms with Gasteiger partial charge in [-0.15, -0.1) is 11.3 Å². The number of benzene rings is 1. The van der Waals surface area contributed by atoms with Gasteiger partial charge in [-0.3, -0.25) is 9.48 Å². The van der Waals surface area contributed by atoms with E-state index in [2.05, 4.69) is 25.0 Å². The largest absolute Gasteiger partial charge is 0.352 e. The van der Waals surface area contributed by atoms with Gasteiger partial charge in [-0.2, -0.15) is 5.10 Å². The summed E-state index contributed by atoms with van der Waals surface area (Å²) in [4.78, 5) is 35.4. The quantitative estimate of drug-likeness (QED) is 0.406. The normalized spacial score (nSPS) is 14.5. The Hall–Kier alpha value is -3.86. The summed E-state index contributed by atoms with van der Waals surface area (Å²) in [6.07, 6.45) is 3.37. The van der Waals surface area contributed by atoms with Gasteiger partial charge in [-0.05, 0) is 12.1 Å². The summed E-state index contributed by atoms with van der Waals surface area (Å²) >= 11 is 1.52. The highest BCUT2D eigenvalue weighted by Crippen LogP contribution is 2.26. The number of aromatic nitrogens is 7. The van der Waals surface area contributed by atoms with Crippen LogP contribution >= 0.6 is 11.3 Å². The van der Waals surface area contributed by atoms with Crippen LogP contribution in [0.3, 0.4) is 0 Å². The lowest BCUT2D eigenvalue weighted by Crippen LogP contribution is -2.50. The van der Waals surface area contributed by atoms with Gasteiger partial charge in [-0.1, -0.05) is 12.1 Å². The van der Waals surface area contributed by atoms with E-state index in [-0.39, 0.29) is 12.5 Å². The highest BCUT2D eigenvalue weighted by Gasteiger charge is 2.25. The summed E-state index contributed by atoms with van der Waals surface area (Å²) in [5.41, 5.74) is 5.18. The minimum absolute atomic E-state index is 0.0727. The van der Waals surface area contributed by atoms with E-state index in [4.69, 9.17) is 4.98 Å². The van der Waals surface area contributed by atoms with Gasteiger partial charge in [0.25, 0.3) is 0 Å². The third-order valence-electron chi connectivity index (χ3n) is 6.05. The molecule has 0 atom stereocenters. The minimum Gasteiger partial charge on any atom is -0.352 e. The minimum atomic E-state index is 0.0727. The number of hydrogen-bond donors (Lipinski definition) is 0. The molecule has 0 radical (unpaired) electrons. The van der Waals surface area contributed by atoms with E-state index in [0.29, 0.717) is 26.2 Å². The van der Waals surface area contributed by atoms with Crippen molar-refractivity contribution < 1.29 is 4.79 Å². The van der Waals surface area contributed by atoms with Crippen molar-refractivity contribution in [3.05, 3.63) is 47.7 Å². The molecular weight excluding hydrogens is 438 g/mol. The maximum absolute atomic E-state index is 13.3. The molecule has 0 spiro atoms. The summed E-state index contributed by atoms with van der Waals surface area (Å²) in [6.45, 7) is 2.90. The van der Waals surface area contributed by atoms with E-state index < -0.39 is 0 Å². The van der Waals surface area contributed by atoms with Gasteiger partial charge in [0.2, 0.25) is 5.91 Å². The number of imidazole rings is 1. The number of nitrogens with zero attached hydrogens (tertiary/aromatic N) is 9. The molecule has 4 aromatic heterocycles. The van der Waals surface area contributed by atoms with E-state index >= 15 is 0 Å². The number of rotatable bonds is 4. The van der Waals surface area contributed by atoms with Gasteiger partial charge in [0.15, 0.2) is 11.5 Å². The average Bonchev–Trinajstić information content (AvgIpc) is 3.59. The van der Waals surface area contributed by atoms with E-state index in [9.17, 15) is 4.79 Å². The topological polar surface area (TPSA) is 97.9 Å². The highest BCUT2D eigenvalue weighted by molar-refractivity contribution is 7.07. The first-order chi connectivity index (χ1) is 16.2. The van der Waals surface area contributed by atoms with Crippen molar-refractivity contribution >= 4 is 45.1 Å². The fraction of sp³-hybridized carbons (Fsp3) is 0.273. The zero-order chi connectivity index (χ0) is 22.4. The first kappa shape index (κ1) is 19.8. The number of fused-ring (bicyclic) bond motifs is 2. The van der Waals surface area contributed by atoms with Crippen molar-refractivity contribution in [1.82, 2.24) is 39.2 Å². The Kier molecular flexibility index (Phi) is 4.75. The number of para-hydroxylation sites is 2. The van der Waals surface area contributed by atoms with Gasteiger partial charge >= 0.3 is 0 Å². The standard InChI is InChI=1S/C22H21N9OS/c1-28-20-15(10-26-28)21(24-13-23-20)30-8-6-29(7-9-30)19(32)11-31-18-5-3-2-4-16(18)27-22(31)17-12-33-14-25-17/h2-5,10,12-14H,6-9,11H2,1H3. The molecule has 5 heterocycles. The molecule has 1 aliphatic rings. The Morgan fingerprint density at radius 3 is 2.76 bits per heavy atom. The second-order valence-corrected chi connectivity index (χ2v) is 8.67. The number of hydrogen-bond acceptors (Lipinski definition) is 8. The van der Waals surface area contributed by atoms with Crippen LogP contribution in [0.1, 0.15) is 0 Å². The lowest BCUT2D eigenvalue weighted by atomic mass is 10.2. The molecular formula is C22H21N9OS. The maximum atomic E-state index is 13.3. The van der Waals surface area contributed by atoms with Crippen LogP contribution in [0.4, 0.5) is 5.82 Å². The second-order valence-electron chi connectivity index (χ2n) is 7.95. The van der Waals surface area contributed by atoms with Gasteiger partial charge in [0, 0.05) is 38.6 Å². The molecule has 1 aliphatic heterocycles. The third kappa shape index (κ3) is 3.41. The summed E-state index contributed by atoms with van der Waals surface area (Å²) in [5, 5.41) is 7.19. The van der Waals surface area contributed by atoms with Crippen molar-refractivity contribution in [2.45, 2.75) is 6.54 Å². The number of piperazine rings is 1. The Labute approximate surface area is 193 Å². The average molecular weight is 460 g/mol. The predicted molar refractivity (Wildman–Crippen MR) is 126 cm³/mol. The van der Waals surface area contributed by atoms with Crippen LogP contribution in [-0.4, -0.2) is 71.3 Å². The Morgan fingerprint density at radius 2 is 1.94 bits per heavy atom. The van der Waals surface area contributed by atoms with Crippen LogP contribution in [0.2, 0.25) is 0 Å². The number of carbonyl (C=O) groups is 1. The molecule has 1 amide bonds. The summed E-state index contributed by atoms with van der Waals surface area (Å²) < 4.78 is 3.72. The molecule has 166 valence electrons. The predicted octanol–water partition coefficient (Wildman–Crippen LogP) is 2.19. The van der Waals surface area contributed by atoms with Crippen LogP contribution in [0.25, 0.3) is 33.6 Å². The number of thiazole rings is 1. The van der Waals surface area contributed by atoms with E-state index in [0.717, 1.165) is 39.4 Å². The molecule has 0 N–H and O–H groups in total. The Balaban J connectivity index is 1.22. The van der Waals surface area contributed by atoms with Crippen molar-refractivity contribution in [2.24, 2.45) is 7.05 Å². The fourth-order valence-corrected chi connectivity index (χ4v) is 4.89. The molecule has 5 aromatic rings. The van der Waals surface area contributed by atoms with Crippen molar-refractivity contribution in [1.29, 1.82) is 0 Å². The summed E-state index contributed by atoms with van der Waals surface area (Å²) in [7, 11) is 1.87. The highest BCUT2D eigenvalue weighted by atomic mass is 32.1. The van der Waals surface area contributed by atoms with E-state index in [1.54, 1.807) is 22.7 Å². The van der Waals surface area contributed by atoms with Crippen LogP contribution in [0.15, 0.2) is 47.7 Å². The van der Waals surface area contributed by atoms with Crippen LogP contribution in [-0.2, 0) is 18.4 Å². The third-order valence-corrected chi connectivity index (χ3v) is 6.64. The molecule has 0 bridgehead atoms. The Bertz CT molecular complexity index is 1450. The fourth-order valence-electron chi connectivity index (χ4n) is 4.36. The smallest absolute Gasteiger partial charge is 0.242 e. The van der Waals surface area contributed by atoms with Gasteiger partial charge in [-0.25, -0.2) is 19.9 Å². The molecule has 10 nitrogen and oxygen atoms in total. The van der Waals surface area contributed by atoms with E-state index in [1.807, 2.05) is 46.2 Å². The molecule has 0 saturated carbocycles. The molecule has 1 fully saturated rings. The molecule has 11 heteroatoms. The number of carbonyl (C=O) groups excluding carboxylic acids is 1. The lowest BCUT2D eigenvalue weighted by Gasteiger charge is -2.35. The molecule has 0 aliphatic carbocycles. The SMILES string of the molecule is Cn1ncc2c(N3CCN(C(=O)Cn4c(-c5cscn5)nc5ccccc54)CC3)ncnc21.